The molecule has 3 heterocycles. The van der Waals surface area contributed by atoms with E-state index in [1.807, 2.05) is 0 Å². The van der Waals surface area contributed by atoms with Gasteiger partial charge in [-0.1, -0.05) is 32.0 Å². The predicted octanol–water partition coefficient (Wildman–Crippen LogP) is 3.83. The van der Waals surface area contributed by atoms with E-state index in [1.54, 1.807) is 0 Å². The van der Waals surface area contributed by atoms with Crippen LogP contribution in [-0.4, -0.2) is 22.3 Å². The highest BCUT2D eigenvalue weighted by Crippen LogP contribution is 2.60. The number of fused-ring (bicyclic) bond motifs is 3. The topological polar surface area (TPSA) is 36.1 Å². The summed E-state index contributed by atoms with van der Waals surface area (Å²) in [5.41, 5.74) is 4.01. The number of nitrogens with zero attached hydrogens (tertiary/aromatic N) is 1. The Morgan fingerprint density at radius 2 is 2.09 bits per heavy atom. The first-order chi connectivity index (χ1) is 11.1. The molecular weight excluding hydrogens is 284 g/mol. The minimum absolute atomic E-state index is 0.0687. The van der Waals surface area contributed by atoms with E-state index in [9.17, 15) is 4.79 Å². The SMILES string of the molecule is CC1CC23c4[nH]c5ccccc5c4CCCN2C(=O)CC3C1C. The number of para-hydroxylation sites is 1. The summed E-state index contributed by atoms with van der Waals surface area (Å²) in [4.78, 5) is 18.8. The molecule has 2 aliphatic heterocycles. The average molecular weight is 308 g/mol. The van der Waals surface area contributed by atoms with Gasteiger partial charge in [0.05, 0.1) is 5.54 Å². The van der Waals surface area contributed by atoms with Crippen LogP contribution in [0.2, 0.25) is 0 Å². The number of nitrogens with one attached hydrogen (secondary N) is 1. The number of benzene rings is 1. The molecule has 1 N–H and O–H groups in total. The Hall–Kier alpha value is -1.77. The number of hydrogen-bond acceptors (Lipinski definition) is 1. The van der Waals surface area contributed by atoms with Gasteiger partial charge in [0.25, 0.3) is 0 Å². The maximum Gasteiger partial charge on any atom is 0.223 e. The second kappa shape index (κ2) is 4.40. The van der Waals surface area contributed by atoms with Gasteiger partial charge >= 0.3 is 0 Å². The molecule has 1 saturated carbocycles. The third kappa shape index (κ3) is 1.53. The van der Waals surface area contributed by atoms with Crippen molar-refractivity contribution in [2.45, 2.75) is 45.1 Å². The van der Waals surface area contributed by atoms with Crippen molar-refractivity contribution in [3.8, 4) is 0 Å². The van der Waals surface area contributed by atoms with E-state index in [1.165, 1.54) is 22.2 Å². The molecule has 4 atom stereocenters. The van der Waals surface area contributed by atoms with E-state index in [4.69, 9.17) is 0 Å². The van der Waals surface area contributed by atoms with Crippen molar-refractivity contribution in [2.24, 2.45) is 17.8 Å². The molecule has 0 radical (unpaired) electrons. The summed E-state index contributed by atoms with van der Waals surface area (Å²) in [7, 11) is 0. The number of aromatic amines is 1. The first-order valence-electron chi connectivity index (χ1n) is 9.03. The molecular formula is C20H24N2O. The van der Waals surface area contributed by atoms with Crippen LogP contribution in [0, 0.1) is 17.8 Å². The summed E-state index contributed by atoms with van der Waals surface area (Å²) in [6.07, 6.45) is 4.02. The molecule has 3 nitrogen and oxygen atoms in total. The molecule has 2 fully saturated rings. The predicted molar refractivity (Wildman–Crippen MR) is 91.1 cm³/mol. The van der Waals surface area contributed by atoms with Crippen LogP contribution in [0.4, 0.5) is 0 Å². The number of H-pyrrole nitrogens is 1. The molecule has 1 aromatic carbocycles. The second-order valence-corrected chi connectivity index (χ2v) is 7.95. The number of carbonyl (C=O) groups excluding carboxylic acids is 1. The van der Waals surface area contributed by atoms with Gasteiger partial charge in [0.2, 0.25) is 5.91 Å². The van der Waals surface area contributed by atoms with Crippen molar-refractivity contribution in [1.29, 1.82) is 0 Å². The van der Waals surface area contributed by atoms with E-state index in [0.29, 0.717) is 23.7 Å². The molecule has 1 aromatic heterocycles. The van der Waals surface area contributed by atoms with E-state index >= 15 is 0 Å². The Balaban J connectivity index is 1.82. The van der Waals surface area contributed by atoms with Crippen molar-refractivity contribution >= 4 is 16.8 Å². The summed E-state index contributed by atoms with van der Waals surface area (Å²) >= 11 is 0. The molecule has 3 aliphatic rings. The van der Waals surface area contributed by atoms with Crippen LogP contribution in [0.1, 0.15) is 44.4 Å². The summed E-state index contributed by atoms with van der Waals surface area (Å²) < 4.78 is 0. The zero-order valence-electron chi connectivity index (χ0n) is 13.9. The first-order valence-corrected chi connectivity index (χ1v) is 9.03. The number of hydrogen-bond donors (Lipinski definition) is 1. The van der Waals surface area contributed by atoms with Gasteiger partial charge in [-0.25, -0.2) is 0 Å². The summed E-state index contributed by atoms with van der Waals surface area (Å²) in [5, 5.41) is 1.36. The van der Waals surface area contributed by atoms with Gasteiger partial charge in [0.15, 0.2) is 0 Å². The van der Waals surface area contributed by atoms with Crippen molar-refractivity contribution in [2.75, 3.05) is 6.54 Å². The Kier molecular flexibility index (Phi) is 2.61. The second-order valence-electron chi connectivity index (χ2n) is 7.95. The maximum atomic E-state index is 12.8. The van der Waals surface area contributed by atoms with Gasteiger partial charge in [0.1, 0.15) is 0 Å². The fraction of sp³-hybridized carbons (Fsp3) is 0.550. The standard InChI is InChI=1S/C20H24N2O/c1-12-11-20-16(13(12)2)10-18(23)22(20)9-5-7-15-14-6-3-4-8-17(14)21-19(15)20/h3-4,6,8,12-13,16,21H,5,7,9-11H2,1-2H3. The normalized spacial score (nSPS) is 36.0. The van der Waals surface area contributed by atoms with Gasteiger partial charge in [-0.05, 0) is 48.6 Å². The van der Waals surface area contributed by atoms with Crippen LogP contribution in [0.3, 0.4) is 0 Å². The Bertz CT molecular complexity index is 807. The molecule has 2 aromatic rings. The third-order valence-corrected chi connectivity index (χ3v) is 7.01. The summed E-state index contributed by atoms with van der Waals surface area (Å²) in [5.74, 6) is 2.13. The third-order valence-electron chi connectivity index (χ3n) is 7.01. The van der Waals surface area contributed by atoms with Gasteiger partial charge in [0, 0.05) is 29.6 Å². The van der Waals surface area contributed by atoms with Crippen LogP contribution in [-0.2, 0) is 16.8 Å². The van der Waals surface area contributed by atoms with Crippen molar-refractivity contribution in [3.63, 3.8) is 0 Å². The van der Waals surface area contributed by atoms with Gasteiger partial charge in [-0.15, -0.1) is 0 Å². The number of rotatable bonds is 0. The van der Waals surface area contributed by atoms with Crippen molar-refractivity contribution < 1.29 is 4.79 Å². The van der Waals surface area contributed by atoms with Crippen LogP contribution in [0.25, 0.3) is 10.9 Å². The lowest BCUT2D eigenvalue weighted by Crippen LogP contribution is -2.45. The molecule has 120 valence electrons. The Morgan fingerprint density at radius 1 is 1.26 bits per heavy atom. The van der Waals surface area contributed by atoms with Gasteiger partial charge in [-0.2, -0.15) is 0 Å². The molecule has 1 saturated heterocycles. The van der Waals surface area contributed by atoms with Crippen molar-refractivity contribution in [3.05, 3.63) is 35.5 Å². The zero-order chi connectivity index (χ0) is 15.8. The lowest BCUT2D eigenvalue weighted by Gasteiger charge is -2.38. The molecule has 3 heteroatoms. The molecule has 5 rings (SSSR count). The van der Waals surface area contributed by atoms with Crippen LogP contribution in [0.5, 0.6) is 0 Å². The van der Waals surface area contributed by atoms with E-state index in [0.717, 1.165) is 32.2 Å². The molecule has 4 unspecified atom stereocenters. The van der Waals surface area contributed by atoms with Crippen LogP contribution < -0.4 is 0 Å². The lowest BCUT2D eigenvalue weighted by molar-refractivity contribution is -0.131. The Morgan fingerprint density at radius 3 is 2.96 bits per heavy atom. The number of carbonyl (C=O) groups is 1. The number of amides is 1. The highest BCUT2D eigenvalue weighted by molar-refractivity contribution is 5.87. The average Bonchev–Trinajstić information content (AvgIpc) is 3.08. The minimum Gasteiger partial charge on any atom is -0.356 e. The van der Waals surface area contributed by atoms with Crippen molar-refractivity contribution in [1.82, 2.24) is 9.88 Å². The molecule has 1 aliphatic carbocycles. The lowest BCUT2D eigenvalue weighted by atomic mass is 9.80. The summed E-state index contributed by atoms with van der Waals surface area (Å²) in [6.45, 7) is 5.65. The monoisotopic (exact) mass is 308 g/mol. The van der Waals surface area contributed by atoms with Crippen LogP contribution in [0.15, 0.2) is 24.3 Å². The van der Waals surface area contributed by atoms with E-state index in [-0.39, 0.29) is 5.54 Å². The molecule has 1 amide bonds. The maximum absolute atomic E-state index is 12.8. The summed E-state index contributed by atoms with van der Waals surface area (Å²) in [6, 6.07) is 8.65. The molecule has 1 spiro atoms. The Labute approximate surface area is 137 Å². The largest absolute Gasteiger partial charge is 0.356 e. The molecule has 0 bridgehead atoms. The first kappa shape index (κ1) is 13.6. The zero-order valence-corrected chi connectivity index (χ0v) is 13.9. The highest BCUT2D eigenvalue weighted by Gasteiger charge is 2.62. The van der Waals surface area contributed by atoms with Gasteiger partial charge < -0.3 is 9.88 Å². The quantitative estimate of drug-likeness (QED) is 0.789. The minimum atomic E-state index is -0.0687. The fourth-order valence-electron chi connectivity index (χ4n) is 5.84. The van der Waals surface area contributed by atoms with Gasteiger partial charge in [-0.3, -0.25) is 4.79 Å². The molecule has 23 heavy (non-hydrogen) atoms. The smallest absolute Gasteiger partial charge is 0.223 e. The number of aromatic nitrogens is 1. The number of aryl methyl sites for hydroxylation is 1. The van der Waals surface area contributed by atoms with Crippen LogP contribution >= 0.6 is 0 Å². The van der Waals surface area contributed by atoms with E-state index in [2.05, 4.69) is 48.0 Å². The fourth-order valence-corrected chi connectivity index (χ4v) is 5.84. The highest BCUT2D eigenvalue weighted by atomic mass is 16.2. The van der Waals surface area contributed by atoms with E-state index < -0.39 is 0 Å².